The number of aryl methyl sites for hydroxylation is 1. The second kappa shape index (κ2) is 9.39. The van der Waals surface area contributed by atoms with Crippen molar-refractivity contribution in [2.45, 2.75) is 57.4 Å². The van der Waals surface area contributed by atoms with Crippen molar-refractivity contribution in [1.82, 2.24) is 5.32 Å². The predicted molar refractivity (Wildman–Crippen MR) is 109 cm³/mol. The lowest BCUT2D eigenvalue weighted by Gasteiger charge is -2.27. The highest BCUT2D eigenvalue weighted by Crippen LogP contribution is 2.18. The van der Waals surface area contributed by atoms with Crippen LogP contribution in [0.1, 0.15) is 37.5 Å². The highest BCUT2D eigenvalue weighted by atomic mass is 32.2. The van der Waals surface area contributed by atoms with E-state index in [0.29, 0.717) is 13.0 Å². The van der Waals surface area contributed by atoms with Crippen molar-refractivity contribution in [3.05, 3.63) is 65.2 Å². The zero-order chi connectivity index (χ0) is 21.7. The summed E-state index contributed by atoms with van der Waals surface area (Å²) >= 11 is 0. The summed E-state index contributed by atoms with van der Waals surface area (Å²) in [6.45, 7) is 8.00. The fourth-order valence-electron chi connectivity index (χ4n) is 2.61. The van der Waals surface area contributed by atoms with Gasteiger partial charge in [-0.1, -0.05) is 42.0 Å². The lowest BCUT2D eigenvalue weighted by molar-refractivity contribution is -0.0353. The Labute approximate surface area is 171 Å². The first kappa shape index (κ1) is 22.9. The van der Waals surface area contributed by atoms with Gasteiger partial charge in [-0.3, -0.25) is 9.87 Å². The molecule has 3 rings (SSSR count). The average molecular weight is 422 g/mol. The maximum atomic E-state index is 11.6. The minimum Gasteiger partial charge on any atom is -0.429 e. The van der Waals surface area contributed by atoms with Crippen LogP contribution in [0, 0.1) is 6.92 Å². The van der Waals surface area contributed by atoms with Crippen LogP contribution in [0.15, 0.2) is 53.4 Å². The van der Waals surface area contributed by atoms with Gasteiger partial charge in [0.05, 0.1) is 4.90 Å². The molecular formula is C21H27NO6S. The highest BCUT2D eigenvalue weighted by molar-refractivity contribution is 7.85. The molecule has 0 aromatic heterocycles. The number of carbonyl (C=O) groups excluding carboxylic acids is 1. The monoisotopic (exact) mass is 421 g/mol. The van der Waals surface area contributed by atoms with Crippen molar-refractivity contribution in [3.63, 3.8) is 0 Å². The van der Waals surface area contributed by atoms with Gasteiger partial charge in [-0.05, 0) is 51.0 Å². The second-order valence-corrected chi connectivity index (χ2v) is 9.13. The smallest absolute Gasteiger partial charge is 0.429 e. The number of ether oxygens (including phenoxy) is 2. The molecule has 2 aromatic rings. The van der Waals surface area contributed by atoms with Crippen molar-refractivity contribution < 1.29 is 27.2 Å². The zero-order valence-electron chi connectivity index (χ0n) is 17.0. The van der Waals surface area contributed by atoms with Gasteiger partial charge in [-0.25, -0.2) is 4.79 Å². The molecule has 1 unspecified atom stereocenters. The molecule has 158 valence electrons. The van der Waals surface area contributed by atoms with E-state index in [1.165, 1.54) is 23.3 Å². The molecule has 8 heteroatoms. The lowest BCUT2D eigenvalue weighted by Crippen LogP contribution is -2.40. The summed E-state index contributed by atoms with van der Waals surface area (Å²) in [6, 6.07) is 14.1. The molecule has 29 heavy (non-hydrogen) atoms. The van der Waals surface area contributed by atoms with Gasteiger partial charge in [-0.15, -0.1) is 0 Å². The first-order valence-electron chi connectivity index (χ1n) is 9.18. The molecule has 1 aliphatic rings. The van der Waals surface area contributed by atoms with Gasteiger partial charge in [0.1, 0.15) is 5.60 Å². The summed E-state index contributed by atoms with van der Waals surface area (Å²) < 4.78 is 39.9. The summed E-state index contributed by atoms with van der Waals surface area (Å²) in [4.78, 5) is 11.5. The predicted octanol–water partition coefficient (Wildman–Crippen LogP) is 3.85. The molecule has 0 bridgehead atoms. The number of fused-ring (bicyclic) bond motifs is 1. The normalized spacial score (nSPS) is 16.1. The van der Waals surface area contributed by atoms with E-state index in [2.05, 4.69) is 17.4 Å². The Bertz CT molecular complexity index is 932. The first-order valence-corrected chi connectivity index (χ1v) is 10.6. The Morgan fingerprint density at radius 2 is 1.66 bits per heavy atom. The van der Waals surface area contributed by atoms with Gasteiger partial charge in [0.2, 0.25) is 0 Å². The molecule has 0 radical (unpaired) electrons. The molecule has 1 heterocycles. The zero-order valence-corrected chi connectivity index (χ0v) is 17.8. The number of nitrogens with one attached hydrogen (secondary N) is 1. The van der Waals surface area contributed by atoms with Gasteiger partial charge < -0.3 is 9.47 Å². The van der Waals surface area contributed by atoms with E-state index in [-0.39, 0.29) is 11.1 Å². The third-order valence-corrected chi connectivity index (χ3v) is 4.86. The van der Waals surface area contributed by atoms with E-state index in [0.717, 1.165) is 5.56 Å². The number of hydrogen-bond donors (Lipinski definition) is 2. The lowest BCUT2D eigenvalue weighted by atomic mass is 10.0. The Hall–Kier alpha value is -2.42. The van der Waals surface area contributed by atoms with E-state index in [4.69, 9.17) is 14.0 Å². The number of benzene rings is 2. The average Bonchev–Trinajstić information content (AvgIpc) is 2.60. The fraction of sp³-hybridized carbons (Fsp3) is 0.381. The number of carbonyl (C=O) groups is 1. The topological polar surface area (TPSA) is 102 Å². The number of hydrogen-bond acceptors (Lipinski definition) is 6. The summed E-state index contributed by atoms with van der Waals surface area (Å²) in [7, 11) is -4.02. The van der Waals surface area contributed by atoms with Crippen LogP contribution in [0.4, 0.5) is 4.79 Å². The Morgan fingerprint density at radius 3 is 2.21 bits per heavy atom. The third-order valence-electron chi connectivity index (χ3n) is 3.99. The molecule has 0 spiro atoms. The molecule has 0 amide bonds. The van der Waals surface area contributed by atoms with Crippen LogP contribution < -0.4 is 5.32 Å². The standard InChI is InChI=1S/C14H19NO3.C7H8O3S/c1-14(2,3)18-13(16)17-12-8-10-6-4-5-7-11(10)9-15-12;1-6-2-4-7(5-3-6)11(8,9)10/h4-7,12,15H,8-9H2,1-3H3;2-5H,1H3,(H,8,9,10). The first-order chi connectivity index (χ1) is 13.4. The largest absolute Gasteiger partial charge is 0.510 e. The van der Waals surface area contributed by atoms with Crippen LogP contribution >= 0.6 is 0 Å². The van der Waals surface area contributed by atoms with Crippen LogP contribution in [-0.4, -0.2) is 31.0 Å². The Balaban J connectivity index is 0.000000234. The van der Waals surface area contributed by atoms with Crippen LogP contribution in [0.5, 0.6) is 0 Å². The SMILES string of the molecule is CC(C)(C)OC(=O)OC1Cc2ccccc2CN1.Cc1ccc(S(=O)(=O)O)cc1. The molecule has 2 aromatic carbocycles. The van der Waals surface area contributed by atoms with Gasteiger partial charge in [-0.2, -0.15) is 8.42 Å². The van der Waals surface area contributed by atoms with E-state index >= 15 is 0 Å². The van der Waals surface area contributed by atoms with Gasteiger partial charge in [0, 0.05) is 13.0 Å². The van der Waals surface area contributed by atoms with Crippen molar-refractivity contribution in [3.8, 4) is 0 Å². The van der Waals surface area contributed by atoms with Crippen molar-refractivity contribution in [2.24, 2.45) is 0 Å². The maximum Gasteiger partial charge on any atom is 0.510 e. The number of rotatable bonds is 2. The van der Waals surface area contributed by atoms with Crippen LogP contribution in [0.2, 0.25) is 0 Å². The Morgan fingerprint density at radius 1 is 1.07 bits per heavy atom. The fourth-order valence-corrected chi connectivity index (χ4v) is 3.09. The third kappa shape index (κ3) is 7.84. The molecule has 0 fully saturated rings. The van der Waals surface area contributed by atoms with Gasteiger partial charge in [0.25, 0.3) is 10.1 Å². The van der Waals surface area contributed by atoms with Crippen molar-refractivity contribution in [2.75, 3.05) is 0 Å². The quantitative estimate of drug-likeness (QED) is 0.561. The van der Waals surface area contributed by atoms with Crippen LogP contribution in [0.3, 0.4) is 0 Å². The van der Waals surface area contributed by atoms with E-state index < -0.39 is 21.9 Å². The minimum atomic E-state index is -4.02. The molecule has 1 atom stereocenters. The summed E-state index contributed by atoms with van der Waals surface area (Å²) in [5.41, 5.74) is 2.90. The second-order valence-electron chi connectivity index (χ2n) is 7.71. The van der Waals surface area contributed by atoms with E-state index in [1.807, 2.05) is 39.8 Å². The van der Waals surface area contributed by atoms with Crippen molar-refractivity contribution in [1.29, 1.82) is 0 Å². The maximum absolute atomic E-state index is 11.6. The molecular weight excluding hydrogens is 394 g/mol. The highest BCUT2D eigenvalue weighted by Gasteiger charge is 2.24. The van der Waals surface area contributed by atoms with E-state index in [1.54, 1.807) is 12.1 Å². The van der Waals surface area contributed by atoms with Crippen LogP contribution in [-0.2, 0) is 32.6 Å². The molecule has 2 N–H and O–H groups in total. The molecule has 1 aliphatic heterocycles. The van der Waals surface area contributed by atoms with Gasteiger partial charge >= 0.3 is 6.16 Å². The molecule has 0 saturated carbocycles. The molecule has 7 nitrogen and oxygen atoms in total. The molecule has 0 aliphatic carbocycles. The van der Waals surface area contributed by atoms with Crippen LogP contribution in [0.25, 0.3) is 0 Å². The minimum absolute atomic E-state index is 0.0666. The van der Waals surface area contributed by atoms with E-state index in [9.17, 15) is 13.2 Å². The Kier molecular flexibility index (Phi) is 7.40. The molecule has 0 saturated heterocycles. The summed E-state index contributed by atoms with van der Waals surface area (Å²) in [5.74, 6) is 0. The van der Waals surface area contributed by atoms with Crippen molar-refractivity contribution >= 4 is 16.3 Å². The van der Waals surface area contributed by atoms with Gasteiger partial charge in [0.15, 0.2) is 6.23 Å². The summed E-state index contributed by atoms with van der Waals surface area (Å²) in [5, 5.41) is 3.17. The summed E-state index contributed by atoms with van der Waals surface area (Å²) in [6.07, 6.45) is -0.260.